The zero-order valence-corrected chi connectivity index (χ0v) is 40.9. The SMILES string of the molecule is CC1(C)c2ccccc2-c2ccc(N(c3ccc4c(c3)oc3ccccc34)c3cc4c(cc3-c3ccc5c(c3)C(C)(C)C(C)(C)C5(C)C)-c3ccccc3C4(c3ccccc3)c3ccccc3)cc21. The van der Waals surface area contributed by atoms with Crippen molar-refractivity contribution >= 4 is 39.0 Å². The van der Waals surface area contributed by atoms with Crippen LogP contribution in [-0.4, -0.2) is 0 Å². The Morgan fingerprint density at radius 1 is 0.348 bits per heavy atom. The Morgan fingerprint density at radius 2 is 0.913 bits per heavy atom. The van der Waals surface area contributed by atoms with E-state index in [1.54, 1.807) is 0 Å². The molecule has 0 unspecified atom stereocenters. The predicted octanol–water partition coefficient (Wildman–Crippen LogP) is 18.0. The Labute approximate surface area is 406 Å². The van der Waals surface area contributed by atoms with Gasteiger partial charge in [0.15, 0.2) is 0 Å². The predicted molar refractivity (Wildman–Crippen MR) is 289 cm³/mol. The van der Waals surface area contributed by atoms with Crippen LogP contribution in [-0.2, 0) is 21.7 Å². The first-order valence-electron chi connectivity index (χ1n) is 24.8. The van der Waals surface area contributed by atoms with Gasteiger partial charge in [0.2, 0.25) is 0 Å². The fraction of sp³-hybridized carbons (Fsp3) is 0.194. The number of furan rings is 1. The molecule has 1 heterocycles. The third-order valence-electron chi connectivity index (χ3n) is 18.1. The zero-order valence-electron chi connectivity index (χ0n) is 40.9. The van der Waals surface area contributed by atoms with Gasteiger partial charge in [0.05, 0.1) is 11.1 Å². The van der Waals surface area contributed by atoms with E-state index in [1.165, 1.54) is 77.9 Å². The maximum atomic E-state index is 6.73. The molecule has 3 aliphatic carbocycles. The van der Waals surface area contributed by atoms with Gasteiger partial charge in [-0.25, -0.2) is 0 Å². The molecule has 0 bridgehead atoms. The number of hydrogen-bond donors (Lipinski definition) is 0. The number of benzene rings is 9. The second-order valence-corrected chi connectivity index (χ2v) is 22.1. The molecule has 1 aromatic heterocycles. The molecule has 2 nitrogen and oxygen atoms in total. The molecule has 336 valence electrons. The van der Waals surface area contributed by atoms with Crippen molar-refractivity contribution in [1.29, 1.82) is 0 Å². The summed E-state index contributed by atoms with van der Waals surface area (Å²) in [5.74, 6) is 0. The molecule has 0 atom stereocenters. The smallest absolute Gasteiger partial charge is 0.137 e. The molecule has 9 aromatic carbocycles. The summed E-state index contributed by atoms with van der Waals surface area (Å²) in [6.45, 7) is 19.5. The van der Waals surface area contributed by atoms with E-state index < -0.39 is 5.41 Å². The molecule has 0 saturated heterocycles. The van der Waals surface area contributed by atoms with Crippen LogP contribution in [0.15, 0.2) is 205 Å². The van der Waals surface area contributed by atoms with Crippen molar-refractivity contribution in [3.63, 3.8) is 0 Å². The Balaban J connectivity index is 1.16. The van der Waals surface area contributed by atoms with Crippen LogP contribution in [0.5, 0.6) is 0 Å². The highest BCUT2D eigenvalue weighted by Crippen LogP contribution is 2.63. The van der Waals surface area contributed by atoms with Gasteiger partial charge in [0.25, 0.3) is 0 Å². The summed E-state index contributed by atoms with van der Waals surface area (Å²) in [7, 11) is 0. The van der Waals surface area contributed by atoms with E-state index in [4.69, 9.17) is 4.42 Å². The summed E-state index contributed by atoms with van der Waals surface area (Å²) in [5, 5.41) is 2.24. The van der Waals surface area contributed by atoms with E-state index in [9.17, 15) is 0 Å². The van der Waals surface area contributed by atoms with Crippen molar-refractivity contribution in [2.24, 2.45) is 5.41 Å². The number of para-hydroxylation sites is 1. The number of hydrogen-bond acceptors (Lipinski definition) is 2. The third kappa shape index (κ3) is 5.49. The summed E-state index contributed by atoms with van der Waals surface area (Å²) >= 11 is 0. The van der Waals surface area contributed by atoms with Crippen LogP contribution < -0.4 is 4.90 Å². The Morgan fingerprint density at radius 3 is 1.64 bits per heavy atom. The molecule has 0 amide bonds. The maximum Gasteiger partial charge on any atom is 0.137 e. The van der Waals surface area contributed by atoms with Crippen LogP contribution in [0.2, 0.25) is 0 Å². The van der Waals surface area contributed by atoms with Gasteiger partial charge in [-0.15, -0.1) is 0 Å². The van der Waals surface area contributed by atoms with E-state index >= 15 is 0 Å². The van der Waals surface area contributed by atoms with E-state index in [0.717, 1.165) is 39.0 Å². The maximum absolute atomic E-state index is 6.73. The van der Waals surface area contributed by atoms with E-state index in [2.05, 4.69) is 260 Å². The Bertz CT molecular complexity index is 3690. The Kier molecular flexibility index (Phi) is 8.66. The minimum Gasteiger partial charge on any atom is -0.456 e. The molecule has 0 N–H and O–H groups in total. The van der Waals surface area contributed by atoms with Crippen LogP contribution in [0.4, 0.5) is 17.1 Å². The second kappa shape index (κ2) is 14.3. The molecule has 0 fully saturated rings. The molecule has 0 spiro atoms. The summed E-state index contributed by atoms with van der Waals surface area (Å²) in [6.07, 6.45) is 0. The van der Waals surface area contributed by atoms with Crippen molar-refractivity contribution in [2.45, 2.75) is 77.0 Å². The van der Waals surface area contributed by atoms with Gasteiger partial charge < -0.3 is 9.32 Å². The number of fused-ring (bicyclic) bond motifs is 10. The molecule has 69 heavy (non-hydrogen) atoms. The molecule has 2 heteroatoms. The molecule has 3 aliphatic rings. The Hall–Kier alpha value is -7.42. The molecule has 0 aliphatic heterocycles. The van der Waals surface area contributed by atoms with Crippen LogP contribution in [0, 0.1) is 5.41 Å². The second-order valence-electron chi connectivity index (χ2n) is 22.1. The molecule has 0 radical (unpaired) electrons. The lowest BCUT2D eigenvalue weighted by Gasteiger charge is -2.44. The average Bonchev–Trinajstić information content (AvgIpc) is 3.99. The first-order valence-corrected chi connectivity index (χ1v) is 24.8. The third-order valence-corrected chi connectivity index (χ3v) is 18.1. The number of nitrogens with zero attached hydrogens (tertiary/aromatic N) is 1. The lowest BCUT2D eigenvalue weighted by molar-refractivity contribution is 0.125. The molecule has 13 rings (SSSR count). The first-order chi connectivity index (χ1) is 33.2. The van der Waals surface area contributed by atoms with Gasteiger partial charge in [0.1, 0.15) is 11.2 Å². The van der Waals surface area contributed by atoms with Gasteiger partial charge in [-0.05, 0) is 131 Å². The minimum atomic E-state index is -0.592. The van der Waals surface area contributed by atoms with Crippen LogP contribution in [0.1, 0.15) is 99.9 Å². The lowest BCUT2D eigenvalue weighted by atomic mass is 9.59. The first kappa shape index (κ1) is 41.7. The largest absolute Gasteiger partial charge is 0.456 e. The molecule has 10 aromatic rings. The van der Waals surface area contributed by atoms with Crippen molar-refractivity contribution in [3.05, 3.63) is 245 Å². The molecular formula is C67H57NO. The fourth-order valence-corrected chi connectivity index (χ4v) is 13.2. The van der Waals surface area contributed by atoms with Gasteiger partial charge in [-0.3, -0.25) is 0 Å². The highest BCUT2D eigenvalue weighted by Gasteiger charge is 2.57. The summed E-state index contributed by atoms with van der Waals surface area (Å²) in [5.41, 5.74) is 22.4. The van der Waals surface area contributed by atoms with Gasteiger partial charge >= 0.3 is 0 Å². The summed E-state index contributed by atoms with van der Waals surface area (Å²) in [4.78, 5) is 2.54. The highest BCUT2D eigenvalue weighted by atomic mass is 16.3. The van der Waals surface area contributed by atoms with Crippen LogP contribution in [0.3, 0.4) is 0 Å². The minimum absolute atomic E-state index is 0.0160. The standard InChI is InChI=1S/C67H57NO/c1-63(2)54-28-18-15-25-47(54)49-34-32-45(38-57(49)63)68(46-33-35-51-50-27-17-20-30-61(50)69-62(51)39-46)60-41-58-53(40-52(60)42-31-36-56-59(37-42)65(5,6)66(7,8)64(56,3)4)48-26-16-19-29-55(48)67(58,43-21-11-9-12-22-43)44-23-13-10-14-24-44/h9-41H,1-8H3. The normalized spacial score (nSPS) is 17.0. The topological polar surface area (TPSA) is 16.4 Å². The highest BCUT2D eigenvalue weighted by molar-refractivity contribution is 6.07. The monoisotopic (exact) mass is 891 g/mol. The quantitative estimate of drug-likeness (QED) is 0.165. The van der Waals surface area contributed by atoms with Crippen molar-refractivity contribution in [2.75, 3.05) is 4.90 Å². The van der Waals surface area contributed by atoms with E-state index in [0.29, 0.717) is 0 Å². The van der Waals surface area contributed by atoms with Gasteiger partial charge in [0, 0.05) is 39.2 Å². The van der Waals surface area contributed by atoms with Crippen molar-refractivity contribution < 1.29 is 4.42 Å². The van der Waals surface area contributed by atoms with Gasteiger partial charge in [-0.2, -0.15) is 0 Å². The lowest BCUT2D eigenvalue weighted by Crippen LogP contribution is -2.42. The number of anilines is 3. The molecular weight excluding hydrogens is 835 g/mol. The van der Waals surface area contributed by atoms with Crippen molar-refractivity contribution in [1.82, 2.24) is 0 Å². The van der Waals surface area contributed by atoms with Crippen molar-refractivity contribution in [3.8, 4) is 33.4 Å². The van der Waals surface area contributed by atoms with E-state index in [-0.39, 0.29) is 21.7 Å². The number of rotatable bonds is 6. The summed E-state index contributed by atoms with van der Waals surface area (Å²) in [6, 6.07) is 75.4. The van der Waals surface area contributed by atoms with E-state index in [1.807, 2.05) is 0 Å². The van der Waals surface area contributed by atoms with Crippen LogP contribution >= 0.6 is 0 Å². The molecule has 0 saturated carbocycles. The average molecular weight is 892 g/mol. The fourth-order valence-electron chi connectivity index (χ4n) is 13.2. The van der Waals surface area contributed by atoms with Crippen LogP contribution in [0.25, 0.3) is 55.3 Å². The zero-order chi connectivity index (χ0) is 47.2. The summed E-state index contributed by atoms with van der Waals surface area (Å²) < 4.78 is 6.73. The van der Waals surface area contributed by atoms with Gasteiger partial charge in [-0.1, -0.05) is 207 Å².